The lowest BCUT2D eigenvalue weighted by Gasteiger charge is -2.29. The van der Waals surface area contributed by atoms with E-state index in [0.717, 1.165) is 10.0 Å². The molecular weight excluding hydrogens is 360 g/mol. The Labute approximate surface area is 142 Å². The topological polar surface area (TPSA) is 58.6 Å². The minimum atomic E-state index is -0.255. The number of nitrogens with one attached hydrogen (secondary N) is 1. The largest absolute Gasteiger partial charge is 0.482 e. The van der Waals surface area contributed by atoms with Crippen LogP contribution in [0.3, 0.4) is 0 Å². The zero-order valence-electron chi connectivity index (χ0n) is 12.5. The van der Waals surface area contributed by atoms with Crippen LogP contribution in [-0.4, -0.2) is 25.0 Å². The van der Waals surface area contributed by atoms with E-state index >= 15 is 0 Å². The summed E-state index contributed by atoms with van der Waals surface area (Å²) in [5.74, 6) is 0.135. The number of rotatable bonds is 3. The van der Waals surface area contributed by atoms with E-state index in [0.29, 0.717) is 17.1 Å². The number of amides is 2. The van der Waals surface area contributed by atoms with E-state index in [1.54, 1.807) is 12.1 Å². The van der Waals surface area contributed by atoms with Gasteiger partial charge in [-0.25, -0.2) is 0 Å². The van der Waals surface area contributed by atoms with E-state index in [9.17, 15) is 9.59 Å². The molecule has 0 fully saturated rings. The first-order valence-corrected chi connectivity index (χ1v) is 7.91. The standard InChI is InChI=1S/C17H15BrN2O3/c1-11-2-7-15-14(8-11)20(17(22)10-23-15)9-16(21)19-13-5-3-12(18)4-6-13/h2-8H,9-10H2,1H3,(H,19,21). The zero-order chi connectivity index (χ0) is 16.4. The molecule has 1 aliphatic heterocycles. The smallest absolute Gasteiger partial charge is 0.265 e. The number of hydrogen-bond donors (Lipinski definition) is 1. The molecule has 1 N–H and O–H groups in total. The summed E-state index contributed by atoms with van der Waals surface area (Å²) >= 11 is 3.34. The molecule has 0 unspecified atom stereocenters. The summed E-state index contributed by atoms with van der Waals surface area (Å²) < 4.78 is 6.34. The molecule has 0 saturated carbocycles. The molecule has 2 amide bonds. The predicted octanol–water partition coefficient (Wildman–Crippen LogP) is 3.12. The van der Waals surface area contributed by atoms with Crippen molar-refractivity contribution in [1.82, 2.24) is 0 Å². The second-order valence-corrected chi connectivity index (χ2v) is 6.21. The Kier molecular flexibility index (Phi) is 4.34. The van der Waals surface area contributed by atoms with E-state index in [4.69, 9.17) is 4.74 Å². The van der Waals surface area contributed by atoms with Crippen molar-refractivity contribution in [3.63, 3.8) is 0 Å². The van der Waals surface area contributed by atoms with Crippen molar-refractivity contribution in [3.05, 3.63) is 52.5 Å². The van der Waals surface area contributed by atoms with Gasteiger partial charge in [0.25, 0.3) is 5.91 Å². The summed E-state index contributed by atoms with van der Waals surface area (Å²) in [4.78, 5) is 25.8. The van der Waals surface area contributed by atoms with Crippen LogP contribution >= 0.6 is 15.9 Å². The third kappa shape index (κ3) is 3.53. The van der Waals surface area contributed by atoms with Crippen LogP contribution in [0.15, 0.2) is 46.9 Å². The van der Waals surface area contributed by atoms with Crippen LogP contribution in [-0.2, 0) is 9.59 Å². The van der Waals surface area contributed by atoms with Crippen molar-refractivity contribution >= 4 is 39.1 Å². The molecular formula is C17H15BrN2O3. The first-order chi connectivity index (χ1) is 11.0. The second kappa shape index (κ2) is 6.42. The van der Waals surface area contributed by atoms with Crippen LogP contribution in [0.1, 0.15) is 5.56 Å². The lowest BCUT2D eigenvalue weighted by atomic mass is 10.1. The monoisotopic (exact) mass is 374 g/mol. The van der Waals surface area contributed by atoms with Gasteiger partial charge in [0.05, 0.1) is 5.69 Å². The molecule has 2 aromatic carbocycles. The minimum Gasteiger partial charge on any atom is -0.482 e. The van der Waals surface area contributed by atoms with E-state index in [2.05, 4.69) is 21.2 Å². The molecule has 0 aromatic heterocycles. The Hall–Kier alpha value is -2.34. The number of fused-ring (bicyclic) bond motifs is 1. The van der Waals surface area contributed by atoms with Crippen molar-refractivity contribution in [2.45, 2.75) is 6.92 Å². The van der Waals surface area contributed by atoms with Gasteiger partial charge in [0.15, 0.2) is 6.61 Å². The van der Waals surface area contributed by atoms with E-state index in [-0.39, 0.29) is 25.0 Å². The van der Waals surface area contributed by atoms with E-state index in [1.807, 2.05) is 37.3 Å². The average Bonchev–Trinajstić information content (AvgIpc) is 2.52. The Balaban J connectivity index is 1.76. The second-order valence-electron chi connectivity index (χ2n) is 5.29. The van der Waals surface area contributed by atoms with Gasteiger partial charge in [0.1, 0.15) is 12.3 Å². The maximum Gasteiger partial charge on any atom is 0.265 e. The van der Waals surface area contributed by atoms with Gasteiger partial charge in [-0.05, 0) is 48.9 Å². The molecule has 2 aromatic rings. The predicted molar refractivity (Wildman–Crippen MR) is 91.8 cm³/mol. The molecule has 1 aliphatic rings. The summed E-state index contributed by atoms with van der Waals surface area (Å²) in [5.41, 5.74) is 2.32. The van der Waals surface area contributed by atoms with Gasteiger partial charge in [-0.3, -0.25) is 14.5 Å². The van der Waals surface area contributed by atoms with Crippen LogP contribution in [0.4, 0.5) is 11.4 Å². The maximum absolute atomic E-state index is 12.2. The van der Waals surface area contributed by atoms with Crippen molar-refractivity contribution in [1.29, 1.82) is 0 Å². The summed E-state index contributed by atoms with van der Waals surface area (Å²) in [6.45, 7) is 1.83. The third-order valence-electron chi connectivity index (χ3n) is 3.49. The number of benzene rings is 2. The molecule has 0 saturated heterocycles. The van der Waals surface area contributed by atoms with Crippen LogP contribution < -0.4 is 15.0 Å². The Bertz CT molecular complexity index is 759. The van der Waals surface area contributed by atoms with Crippen molar-refractivity contribution in [3.8, 4) is 5.75 Å². The van der Waals surface area contributed by atoms with E-state index in [1.165, 1.54) is 4.90 Å². The molecule has 23 heavy (non-hydrogen) atoms. The first-order valence-electron chi connectivity index (χ1n) is 7.12. The highest BCUT2D eigenvalue weighted by molar-refractivity contribution is 9.10. The fourth-order valence-electron chi connectivity index (χ4n) is 2.36. The minimum absolute atomic E-state index is 0.0469. The fraction of sp³-hybridized carbons (Fsp3) is 0.176. The number of carbonyl (C=O) groups excluding carboxylic acids is 2. The SMILES string of the molecule is Cc1ccc2c(c1)N(CC(=O)Nc1ccc(Br)cc1)C(=O)CO2. The Morgan fingerprint density at radius 2 is 2.00 bits per heavy atom. The molecule has 0 aliphatic carbocycles. The lowest BCUT2D eigenvalue weighted by Crippen LogP contribution is -2.43. The van der Waals surface area contributed by atoms with Gasteiger partial charge >= 0.3 is 0 Å². The molecule has 6 heteroatoms. The lowest BCUT2D eigenvalue weighted by molar-refractivity contribution is -0.123. The van der Waals surface area contributed by atoms with Crippen molar-refractivity contribution in [2.75, 3.05) is 23.4 Å². The van der Waals surface area contributed by atoms with E-state index < -0.39 is 0 Å². The number of halogens is 1. The highest BCUT2D eigenvalue weighted by atomic mass is 79.9. The van der Waals surface area contributed by atoms with Crippen molar-refractivity contribution < 1.29 is 14.3 Å². The zero-order valence-corrected chi connectivity index (χ0v) is 14.1. The van der Waals surface area contributed by atoms with Gasteiger partial charge in [-0.15, -0.1) is 0 Å². The molecule has 0 spiro atoms. The molecule has 3 rings (SSSR count). The van der Waals surface area contributed by atoms with Crippen LogP contribution in [0.5, 0.6) is 5.75 Å². The number of ether oxygens (including phenoxy) is 1. The molecule has 0 bridgehead atoms. The van der Waals surface area contributed by atoms with Gasteiger partial charge in [0, 0.05) is 10.2 Å². The van der Waals surface area contributed by atoms with Crippen molar-refractivity contribution in [2.24, 2.45) is 0 Å². The van der Waals surface area contributed by atoms with Crippen LogP contribution in [0, 0.1) is 6.92 Å². The summed E-state index contributed by atoms with van der Waals surface area (Å²) in [6.07, 6.45) is 0. The number of carbonyl (C=O) groups is 2. The number of aryl methyl sites for hydroxylation is 1. The van der Waals surface area contributed by atoms with Gasteiger partial charge < -0.3 is 10.1 Å². The third-order valence-corrected chi connectivity index (χ3v) is 4.02. The Morgan fingerprint density at radius 3 is 2.74 bits per heavy atom. The molecule has 1 heterocycles. The summed E-state index contributed by atoms with van der Waals surface area (Å²) in [6, 6.07) is 12.8. The van der Waals surface area contributed by atoms with Crippen LogP contribution in [0.2, 0.25) is 0 Å². The summed E-state index contributed by atoms with van der Waals surface area (Å²) in [7, 11) is 0. The molecule has 0 radical (unpaired) electrons. The molecule has 118 valence electrons. The Morgan fingerprint density at radius 1 is 1.26 bits per heavy atom. The normalized spacial score (nSPS) is 13.3. The van der Waals surface area contributed by atoms with Gasteiger partial charge in [-0.1, -0.05) is 22.0 Å². The molecule has 0 atom stereocenters. The quantitative estimate of drug-likeness (QED) is 0.897. The maximum atomic E-state index is 12.2. The average molecular weight is 375 g/mol. The summed E-state index contributed by atoms with van der Waals surface area (Å²) in [5, 5.41) is 2.79. The number of nitrogens with zero attached hydrogens (tertiary/aromatic N) is 1. The van der Waals surface area contributed by atoms with Crippen LogP contribution in [0.25, 0.3) is 0 Å². The highest BCUT2D eigenvalue weighted by Crippen LogP contribution is 2.32. The number of anilines is 2. The van der Waals surface area contributed by atoms with Gasteiger partial charge in [0.2, 0.25) is 5.91 Å². The van der Waals surface area contributed by atoms with Gasteiger partial charge in [-0.2, -0.15) is 0 Å². The highest BCUT2D eigenvalue weighted by Gasteiger charge is 2.27. The fourth-order valence-corrected chi connectivity index (χ4v) is 2.63. The first kappa shape index (κ1) is 15.6. The molecule has 5 nitrogen and oxygen atoms in total. The number of hydrogen-bond acceptors (Lipinski definition) is 3.